The summed E-state index contributed by atoms with van der Waals surface area (Å²) in [6.45, 7) is 3.36. The third-order valence-electron chi connectivity index (χ3n) is 3.55. The van der Waals surface area contributed by atoms with Crippen molar-refractivity contribution in [1.29, 1.82) is 0 Å². The Hall–Kier alpha value is -2.62. The molecule has 0 radical (unpaired) electrons. The number of sulfonamides is 1. The molecule has 0 atom stereocenters. The van der Waals surface area contributed by atoms with Gasteiger partial charge in [-0.05, 0) is 43.2 Å². The molecule has 0 saturated heterocycles. The van der Waals surface area contributed by atoms with E-state index in [0.29, 0.717) is 17.7 Å². The molecule has 1 rings (SSSR count). The van der Waals surface area contributed by atoms with Crippen LogP contribution < -0.4 is 10.0 Å². The van der Waals surface area contributed by atoms with E-state index in [9.17, 15) is 21.6 Å². The molecule has 29 heavy (non-hydrogen) atoms. The number of aryl methyl sites for hydroxylation is 1. The average molecular weight is 430 g/mol. The molecular weight excluding hydrogens is 405 g/mol. The number of aromatic nitrogens is 1. The van der Waals surface area contributed by atoms with Crippen molar-refractivity contribution in [3.05, 3.63) is 53.7 Å². The van der Waals surface area contributed by atoms with Crippen molar-refractivity contribution in [1.82, 2.24) is 4.98 Å². The van der Waals surface area contributed by atoms with Crippen molar-refractivity contribution in [2.75, 3.05) is 23.3 Å². The SMILES string of the molecule is CCCC(=CC(=NC)Nc1nccccc(NS(C)(=O)=O)ccc1C)C(F)(F)F. The van der Waals surface area contributed by atoms with Crippen molar-refractivity contribution in [2.45, 2.75) is 32.9 Å². The highest BCUT2D eigenvalue weighted by atomic mass is 32.2. The van der Waals surface area contributed by atoms with Gasteiger partial charge in [-0.25, -0.2) is 13.4 Å². The summed E-state index contributed by atoms with van der Waals surface area (Å²) in [5.41, 5.74) is 0.203. The summed E-state index contributed by atoms with van der Waals surface area (Å²) in [5, 5.41) is 2.81. The molecule has 0 aliphatic heterocycles. The second kappa shape index (κ2) is 10.8. The Morgan fingerprint density at radius 3 is 2.48 bits per heavy atom. The monoisotopic (exact) mass is 430 g/mol. The van der Waals surface area contributed by atoms with Gasteiger partial charge in [-0.2, -0.15) is 13.2 Å². The molecule has 0 saturated carbocycles. The molecule has 1 aromatic heterocycles. The first-order valence-electron chi connectivity index (χ1n) is 8.75. The molecule has 0 aromatic carbocycles. The van der Waals surface area contributed by atoms with Gasteiger partial charge in [0.25, 0.3) is 0 Å². The average Bonchev–Trinajstić information content (AvgIpc) is 2.60. The molecule has 2 N–H and O–H groups in total. The second-order valence-electron chi connectivity index (χ2n) is 6.18. The molecule has 0 amide bonds. The summed E-state index contributed by atoms with van der Waals surface area (Å²) in [6, 6.07) is 7.82. The van der Waals surface area contributed by atoms with Crippen molar-refractivity contribution < 1.29 is 21.6 Å². The fourth-order valence-corrected chi connectivity index (χ4v) is 2.76. The summed E-state index contributed by atoms with van der Waals surface area (Å²) >= 11 is 0. The molecule has 0 aliphatic rings. The van der Waals surface area contributed by atoms with Crippen LogP contribution in [0.25, 0.3) is 0 Å². The summed E-state index contributed by atoms with van der Waals surface area (Å²) in [7, 11) is -2.08. The topological polar surface area (TPSA) is 83.4 Å². The minimum Gasteiger partial charge on any atom is -0.325 e. The molecular formula is C19H25F3N4O2S. The number of hydrogen-bond acceptors (Lipinski definition) is 4. The number of rotatable bonds is 6. The number of nitrogens with one attached hydrogen (secondary N) is 2. The zero-order valence-corrected chi connectivity index (χ0v) is 17.5. The predicted octanol–water partition coefficient (Wildman–Crippen LogP) is 4.61. The lowest BCUT2D eigenvalue weighted by molar-refractivity contribution is -0.0939. The molecule has 0 bridgehead atoms. The van der Waals surface area contributed by atoms with Crippen molar-refractivity contribution in [3.8, 4) is 0 Å². The van der Waals surface area contributed by atoms with Gasteiger partial charge in [-0.3, -0.25) is 9.71 Å². The first kappa shape index (κ1) is 24.4. The van der Waals surface area contributed by atoms with E-state index in [4.69, 9.17) is 0 Å². The zero-order valence-electron chi connectivity index (χ0n) is 16.7. The van der Waals surface area contributed by atoms with Crippen LogP contribution in [0.2, 0.25) is 0 Å². The number of hydrogen-bond donors (Lipinski definition) is 2. The molecule has 160 valence electrons. The van der Waals surface area contributed by atoms with Gasteiger partial charge in [0.2, 0.25) is 10.0 Å². The molecule has 6 nitrogen and oxygen atoms in total. The fourth-order valence-electron chi connectivity index (χ4n) is 2.20. The van der Waals surface area contributed by atoms with Crippen LogP contribution in [0.3, 0.4) is 0 Å². The number of nitrogens with zero attached hydrogens (tertiary/aromatic N) is 2. The molecule has 0 spiro atoms. The summed E-state index contributed by atoms with van der Waals surface area (Å²) in [4.78, 5) is 8.10. The Bertz CT molecular complexity index is 925. The van der Waals surface area contributed by atoms with Gasteiger partial charge in [0.15, 0.2) is 0 Å². The lowest BCUT2D eigenvalue weighted by Gasteiger charge is -2.13. The van der Waals surface area contributed by atoms with E-state index in [1.54, 1.807) is 38.1 Å². The number of amidine groups is 1. The Morgan fingerprint density at radius 1 is 1.24 bits per heavy atom. The highest BCUT2D eigenvalue weighted by Crippen LogP contribution is 2.29. The maximum atomic E-state index is 13.2. The van der Waals surface area contributed by atoms with E-state index in [1.807, 2.05) is 0 Å². The van der Waals surface area contributed by atoms with Crippen LogP contribution in [-0.4, -0.2) is 38.7 Å². The van der Waals surface area contributed by atoms with Gasteiger partial charge < -0.3 is 5.32 Å². The van der Waals surface area contributed by atoms with Crippen LogP contribution >= 0.6 is 0 Å². The first-order valence-corrected chi connectivity index (χ1v) is 10.6. The Kier molecular flexibility index (Phi) is 9.09. The smallest absolute Gasteiger partial charge is 0.325 e. The van der Waals surface area contributed by atoms with Crippen LogP contribution in [0.15, 0.2) is 53.2 Å². The van der Waals surface area contributed by atoms with E-state index in [2.05, 4.69) is 20.0 Å². The van der Waals surface area contributed by atoms with Gasteiger partial charge in [0, 0.05) is 24.5 Å². The lowest BCUT2D eigenvalue weighted by atomic mass is 10.1. The standard InChI is InChI=1S/C19H25F3N4O2S/c1-5-8-15(19(20,21)22)13-17(23-3)25-18-14(2)10-11-16(26-29(4,27)28)9-6-7-12-24-18/h6-7,9-13,26H,5,8H2,1-4H3,(H,23,24,25). The van der Waals surface area contributed by atoms with Gasteiger partial charge in [-0.1, -0.05) is 25.5 Å². The number of allylic oxidation sites excluding steroid dienone is 1. The number of anilines is 2. The van der Waals surface area contributed by atoms with Crippen molar-refractivity contribution in [2.24, 2.45) is 4.99 Å². The normalized spacial score (nSPS) is 12.9. The minimum absolute atomic E-state index is 0.0109. The molecule has 1 heterocycles. The van der Waals surface area contributed by atoms with E-state index in [1.165, 1.54) is 19.3 Å². The highest BCUT2D eigenvalue weighted by Gasteiger charge is 2.32. The largest absolute Gasteiger partial charge is 0.412 e. The summed E-state index contributed by atoms with van der Waals surface area (Å²) in [5.74, 6) is 0.290. The Balaban J connectivity index is 3.36. The summed E-state index contributed by atoms with van der Waals surface area (Å²) in [6.07, 6.45) is -0.790. The van der Waals surface area contributed by atoms with Gasteiger partial charge >= 0.3 is 6.18 Å². The fraction of sp³-hybridized carbons (Fsp3) is 0.368. The van der Waals surface area contributed by atoms with Gasteiger partial charge in [0.1, 0.15) is 11.7 Å². The van der Waals surface area contributed by atoms with Gasteiger partial charge in [-0.15, -0.1) is 0 Å². The van der Waals surface area contributed by atoms with Crippen LogP contribution in [0, 0.1) is 6.92 Å². The van der Waals surface area contributed by atoms with Crippen LogP contribution in [0.4, 0.5) is 24.7 Å². The zero-order chi connectivity index (χ0) is 22.1. The minimum atomic E-state index is -4.45. The van der Waals surface area contributed by atoms with E-state index in [-0.39, 0.29) is 18.1 Å². The van der Waals surface area contributed by atoms with Crippen LogP contribution in [-0.2, 0) is 10.0 Å². The van der Waals surface area contributed by atoms with Crippen LogP contribution in [0.1, 0.15) is 25.3 Å². The number of alkyl halides is 3. The third kappa shape index (κ3) is 9.42. The highest BCUT2D eigenvalue weighted by molar-refractivity contribution is 7.92. The molecule has 1 aromatic rings. The van der Waals surface area contributed by atoms with Crippen molar-refractivity contribution >= 4 is 27.4 Å². The predicted molar refractivity (Wildman–Crippen MR) is 111 cm³/mol. The Morgan fingerprint density at radius 2 is 1.93 bits per heavy atom. The summed E-state index contributed by atoms with van der Waals surface area (Å²) < 4.78 is 64.8. The molecule has 10 heteroatoms. The second-order valence-corrected chi connectivity index (χ2v) is 7.92. The van der Waals surface area contributed by atoms with E-state index in [0.717, 1.165) is 12.3 Å². The molecule has 0 aliphatic carbocycles. The number of aliphatic imine (C=N–C) groups is 1. The maximum absolute atomic E-state index is 13.2. The first-order chi connectivity index (χ1) is 13.5. The number of halogens is 3. The van der Waals surface area contributed by atoms with E-state index >= 15 is 0 Å². The Labute approximate surface area is 169 Å². The maximum Gasteiger partial charge on any atom is 0.412 e. The van der Waals surface area contributed by atoms with E-state index < -0.39 is 21.8 Å². The molecule has 0 unspecified atom stereocenters. The van der Waals surface area contributed by atoms with Crippen molar-refractivity contribution in [3.63, 3.8) is 0 Å². The lowest BCUT2D eigenvalue weighted by Crippen LogP contribution is -2.17. The third-order valence-corrected chi connectivity index (χ3v) is 4.15. The molecule has 0 fully saturated rings. The van der Waals surface area contributed by atoms with Gasteiger partial charge in [0.05, 0.1) is 6.26 Å². The van der Waals surface area contributed by atoms with Crippen LogP contribution in [0.5, 0.6) is 0 Å². The quantitative estimate of drug-likeness (QED) is 0.510.